The standard InChI is InChI=1S/C16H25N/c1-4-17-16-8-6-5-7-15(16)14-10-9-12(2)13(3)11-14/h9-11,15-17H,4-8H2,1-3H3. The molecule has 2 atom stereocenters. The quantitative estimate of drug-likeness (QED) is 0.831. The van der Waals surface area contributed by atoms with Crippen LogP contribution in [0.4, 0.5) is 0 Å². The molecule has 2 rings (SSSR count). The highest BCUT2D eigenvalue weighted by Crippen LogP contribution is 2.33. The second-order valence-corrected chi connectivity index (χ2v) is 5.40. The van der Waals surface area contributed by atoms with Crippen LogP contribution < -0.4 is 5.32 Å². The molecule has 1 aliphatic carbocycles. The number of aryl methyl sites for hydroxylation is 2. The van der Waals surface area contributed by atoms with Gasteiger partial charge in [-0.25, -0.2) is 0 Å². The second-order valence-electron chi connectivity index (χ2n) is 5.40. The van der Waals surface area contributed by atoms with Gasteiger partial charge in [-0.05, 0) is 55.8 Å². The summed E-state index contributed by atoms with van der Waals surface area (Å²) in [5.41, 5.74) is 4.38. The molecule has 0 saturated heterocycles. The fraction of sp³-hybridized carbons (Fsp3) is 0.625. The molecular weight excluding hydrogens is 206 g/mol. The van der Waals surface area contributed by atoms with Crippen molar-refractivity contribution in [2.45, 2.75) is 58.4 Å². The molecule has 0 radical (unpaired) electrons. The van der Waals surface area contributed by atoms with Crippen LogP contribution in [0.15, 0.2) is 18.2 Å². The Balaban J connectivity index is 2.20. The molecule has 1 saturated carbocycles. The van der Waals surface area contributed by atoms with Crippen molar-refractivity contribution < 1.29 is 0 Å². The first-order valence-electron chi connectivity index (χ1n) is 7.03. The van der Waals surface area contributed by atoms with Gasteiger partial charge in [0.1, 0.15) is 0 Å². The zero-order valence-electron chi connectivity index (χ0n) is 11.4. The molecule has 1 N–H and O–H groups in total. The molecule has 1 aromatic rings. The summed E-state index contributed by atoms with van der Waals surface area (Å²) < 4.78 is 0. The van der Waals surface area contributed by atoms with Crippen LogP contribution in [0.3, 0.4) is 0 Å². The van der Waals surface area contributed by atoms with Crippen LogP contribution in [0.2, 0.25) is 0 Å². The van der Waals surface area contributed by atoms with E-state index in [1.807, 2.05) is 0 Å². The average Bonchev–Trinajstić information content (AvgIpc) is 2.34. The molecule has 2 unspecified atom stereocenters. The first-order chi connectivity index (χ1) is 8.22. The third kappa shape index (κ3) is 2.90. The van der Waals surface area contributed by atoms with Gasteiger partial charge >= 0.3 is 0 Å². The Morgan fingerprint density at radius 1 is 1.12 bits per heavy atom. The van der Waals surface area contributed by atoms with Crippen molar-refractivity contribution in [3.8, 4) is 0 Å². The maximum absolute atomic E-state index is 3.67. The molecule has 0 amide bonds. The van der Waals surface area contributed by atoms with Crippen molar-refractivity contribution in [3.05, 3.63) is 34.9 Å². The Labute approximate surface area is 106 Å². The normalized spacial score (nSPS) is 24.9. The molecular formula is C16H25N. The third-order valence-electron chi connectivity index (χ3n) is 4.19. The average molecular weight is 231 g/mol. The predicted octanol–water partition coefficient (Wildman–Crippen LogP) is 3.94. The predicted molar refractivity (Wildman–Crippen MR) is 74.6 cm³/mol. The fourth-order valence-electron chi connectivity index (χ4n) is 3.03. The maximum atomic E-state index is 3.67. The van der Waals surface area contributed by atoms with Crippen LogP contribution >= 0.6 is 0 Å². The molecule has 94 valence electrons. The van der Waals surface area contributed by atoms with Gasteiger partial charge in [-0.15, -0.1) is 0 Å². The minimum absolute atomic E-state index is 0.691. The van der Waals surface area contributed by atoms with Crippen LogP contribution in [0, 0.1) is 13.8 Å². The molecule has 0 aliphatic heterocycles. The van der Waals surface area contributed by atoms with E-state index in [2.05, 4.69) is 44.3 Å². The number of nitrogens with one attached hydrogen (secondary N) is 1. The summed E-state index contributed by atoms with van der Waals surface area (Å²) in [5.74, 6) is 0.725. The van der Waals surface area contributed by atoms with Crippen molar-refractivity contribution in [2.75, 3.05) is 6.54 Å². The van der Waals surface area contributed by atoms with Gasteiger partial charge < -0.3 is 5.32 Å². The molecule has 17 heavy (non-hydrogen) atoms. The van der Waals surface area contributed by atoms with Crippen LogP contribution in [0.1, 0.15) is 55.2 Å². The lowest BCUT2D eigenvalue weighted by Gasteiger charge is -2.32. The van der Waals surface area contributed by atoms with Gasteiger partial charge in [0.25, 0.3) is 0 Å². The molecule has 1 aliphatic rings. The highest BCUT2D eigenvalue weighted by Gasteiger charge is 2.25. The molecule has 0 heterocycles. The van der Waals surface area contributed by atoms with Gasteiger partial charge in [-0.1, -0.05) is 38.0 Å². The number of benzene rings is 1. The van der Waals surface area contributed by atoms with Crippen molar-refractivity contribution in [2.24, 2.45) is 0 Å². The van der Waals surface area contributed by atoms with Gasteiger partial charge in [0.15, 0.2) is 0 Å². The molecule has 1 nitrogen and oxygen atoms in total. The lowest BCUT2D eigenvalue weighted by atomic mass is 9.79. The van der Waals surface area contributed by atoms with E-state index < -0.39 is 0 Å². The topological polar surface area (TPSA) is 12.0 Å². The van der Waals surface area contributed by atoms with Crippen molar-refractivity contribution in [3.63, 3.8) is 0 Å². The fourth-order valence-corrected chi connectivity index (χ4v) is 3.03. The molecule has 0 aromatic heterocycles. The zero-order valence-corrected chi connectivity index (χ0v) is 11.4. The summed E-state index contributed by atoms with van der Waals surface area (Å²) in [6.45, 7) is 7.73. The number of rotatable bonds is 3. The van der Waals surface area contributed by atoms with Crippen molar-refractivity contribution >= 4 is 0 Å². The summed E-state index contributed by atoms with van der Waals surface area (Å²) in [4.78, 5) is 0. The monoisotopic (exact) mass is 231 g/mol. The van der Waals surface area contributed by atoms with Crippen molar-refractivity contribution in [1.29, 1.82) is 0 Å². The van der Waals surface area contributed by atoms with E-state index in [4.69, 9.17) is 0 Å². The number of hydrogen-bond acceptors (Lipinski definition) is 1. The second kappa shape index (κ2) is 5.68. The zero-order chi connectivity index (χ0) is 12.3. The number of likely N-dealkylation sites (N-methyl/N-ethyl adjacent to an activating group) is 1. The summed E-state index contributed by atoms with van der Waals surface area (Å²) in [7, 11) is 0. The van der Waals surface area contributed by atoms with E-state index in [0.29, 0.717) is 6.04 Å². The van der Waals surface area contributed by atoms with Gasteiger partial charge in [-0.2, -0.15) is 0 Å². The van der Waals surface area contributed by atoms with E-state index in [0.717, 1.165) is 12.5 Å². The summed E-state index contributed by atoms with van der Waals surface area (Å²) in [6, 6.07) is 7.71. The Hall–Kier alpha value is -0.820. The summed E-state index contributed by atoms with van der Waals surface area (Å²) >= 11 is 0. The Morgan fingerprint density at radius 3 is 2.59 bits per heavy atom. The largest absolute Gasteiger partial charge is 0.314 e. The third-order valence-corrected chi connectivity index (χ3v) is 4.19. The molecule has 0 bridgehead atoms. The minimum atomic E-state index is 0.691. The molecule has 1 fully saturated rings. The first kappa shape index (κ1) is 12.6. The SMILES string of the molecule is CCNC1CCCCC1c1ccc(C)c(C)c1. The smallest absolute Gasteiger partial charge is 0.0136 e. The van der Waals surface area contributed by atoms with Crippen LogP contribution in [0.25, 0.3) is 0 Å². The van der Waals surface area contributed by atoms with E-state index in [1.165, 1.54) is 36.8 Å². The summed E-state index contributed by atoms with van der Waals surface area (Å²) in [5, 5.41) is 3.67. The first-order valence-corrected chi connectivity index (χ1v) is 7.03. The highest BCUT2D eigenvalue weighted by molar-refractivity contribution is 5.33. The van der Waals surface area contributed by atoms with Crippen LogP contribution in [0.5, 0.6) is 0 Å². The lowest BCUT2D eigenvalue weighted by molar-refractivity contribution is 0.332. The highest BCUT2D eigenvalue weighted by atomic mass is 14.9. The van der Waals surface area contributed by atoms with E-state index in [1.54, 1.807) is 5.56 Å². The van der Waals surface area contributed by atoms with Gasteiger partial charge in [-0.3, -0.25) is 0 Å². The number of hydrogen-bond donors (Lipinski definition) is 1. The van der Waals surface area contributed by atoms with E-state index in [9.17, 15) is 0 Å². The lowest BCUT2D eigenvalue weighted by Crippen LogP contribution is -2.37. The van der Waals surface area contributed by atoms with Gasteiger partial charge in [0, 0.05) is 6.04 Å². The Morgan fingerprint density at radius 2 is 1.88 bits per heavy atom. The van der Waals surface area contributed by atoms with Crippen LogP contribution in [-0.4, -0.2) is 12.6 Å². The maximum Gasteiger partial charge on any atom is 0.0136 e. The molecule has 1 aromatic carbocycles. The summed E-state index contributed by atoms with van der Waals surface area (Å²) in [6.07, 6.45) is 5.46. The Kier molecular flexibility index (Phi) is 4.22. The van der Waals surface area contributed by atoms with E-state index in [-0.39, 0.29) is 0 Å². The molecule has 0 spiro atoms. The van der Waals surface area contributed by atoms with Crippen LogP contribution in [-0.2, 0) is 0 Å². The van der Waals surface area contributed by atoms with Crippen molar-refractivity contribution in [1.82, 2.24) is 5.32 Å². The Bertz CT molecular complexity index is 368. The minimum Gasteiger partial charge on any atom is -0.314 e. The van der Waals surface area contributed by atoms with Gasteiger partial charge in [0.2, 0.25) is 0 Å². The molecule has 1 heteroatoms. The van der Waals surface area contributed by atoms with E-state index >= 15 is 0 Å². The van der Waals surface area contributed by atoms with Gasteiger partial charge in [0.05, 0.1) is 0 Å².